The summed E-state index contributed by atoms with van der Waals surface area (Å²) < 4.78 is 1.95. The van der Waals surface area contributed by atoms with E-state index in [0.717, 1.165) is 55.2 Å². The minimum absolute atomic E-state index is 0.414. The summed E-state index contributed by atoms with van der Waals surface area (Å²) in [5, 5.41) is 10.4. The zero-order valence-electron chi connectivity index (χ0n) is 19.7. The van der Waals surface area contributed by atoms with Gasteiger partial charge in [0.15, 0.2) is 0 Å². The summed E-state index contributed by atoms with van der Waals surface area (Å²) in [4.78, 5) is 21.2. The van der Waals surface area contributed by atoms with Gasteiger partial charge in [-0.2, -0.15) is 0 Å². The average Bonchev–Trinajstić information content (AvgIpc) is 3.29. The van der Waals surface area contributed by atoms with E-state index in [4.69, 9.17) is 21.6 Å². The van der Waals surface area contributed by atoms with Crippen LogP contribution in [-0.2, 0) is 0 Å². The molecule has 1 aromatic carbocycles. The molecule has 1 saturated heterocycles. The molecule has 1 aliphatic heterocycles. The van der Waals surface area contributed by atoms with Gasteiger partial charge in [0.05, 0.1) is 0 Å². The third kappa shape index (κ3) is 4.09. The van der Waals surface area contributed by atoms with Crippen molar-refractivity contribution in [2.45, 2.75) is 24.0 Å². The number of aromatic nitrogens is 6. The van der Waals surface area contributed by atoms with Crippen LogP contribution in [0.5, 0.6) is 0 Å². The molecular formula is C27H25AsClN7. The Labute approximate surface area is 220 Å². The summed E-state index contributed by atoms with van der Waals surface area (Å²) in [6, 6.07) is 13.9. The van der Waals surface area contributed by atoms with Gasteiger partial charge in [0.2, 0.25) is 0 Å². The Morgan fingerprint density at radius 2 is 1.94 bits per heavy atom. The molecule has 2 fully saturated rings. The molecule has 1 saturated carbocycles. The van der Waals surface area contributed by atoms with Gasteiger partial charge in [-0.1, -0.05) is 0 Å². The van der Waals surface area contributed by atoms with Gasteiger partial charge in [0.1, 0.15) is 0 Å². The van der Waals surface area contributed by atoms with E-state index in [1.165, 1.54) is 43.4 Å². The number of rotatable bonds is 6. The standard InChI is InChI=1S/C27H25AsClN7/c29-20-12-17-5-6-22(21-4-1-2-7-30-21)33-23(17)13-19(20)25-24-26(31-15-32-27(24)35-34-25)28-18-10-16(11-18)14-36-8-3-9-36/h1-2,4-7,12-13,15-16,18,28H,3,8-11,14H2,(H,31,32,34,35). The summed E-state index contributed by atoms with van der Waals surface area (Å²) in [5.41, 5.74) is 4.98. The summed E-state index contributed by atoms with van der Waals surface area (Å²) in [6.45, 7) is 3.85. The first-order chi connectivity index (χ1) is 17.7. The van der Waals surface area contributed by atoms with Crippen molar-refractivity contribution in [3.63, 3.8) is 0 Å². The van der Waals surface area contributed by atoms with Gasteiger partial charge in [-0.05, 0) is 0 Å². The molecule has 0 radical (unpaired) electrons. The molecule has 7 rings (SSSR count). The first-order valence-corrected chi connectivity index (χ1v) is 15.0. The van der Waals surface area contributed by atoms with Crippen molar-refractivity contribution in [2.75, 3.05) is 19.6 Å². The van der Waals surface area contributed by atoms with Crippen LogP contribution >= 0.6 is 11.6 Å². The number of halogens is 1. The number of benzene rings is 1. The zero-order chi connectivity index (χ0) is 24.1. The molecule has 7 nitrogen and oxygen atoms in total. The van der Waals surface area contributed by atoms with Crippen LogP contribution in [0.25, 0.3) is 44.6 Å². The Balaban J connectivity index is 1.22. The molecule has 1 unspecified atom stereocenters. The second-order valence-electron chi connectivity index (χ2n) is 9.79. The fourth-order valence-corrected chi connectivity index (χ4v) is 9.31. The van der Waals surface area contributed by atoms with E-state index < -0.39 is 15.8 Å². The summed E-state index contributed by atoms with van der Waals surface area (Å²) in [6.07, 6.45) is 7.47. The van der Waals surface area contributed by atoms with Crippen LogP contribution in [0.15, 0.2) is 55.0 Å². The van der Waals surface area contributed by atoms with Gasteiger partial charge in [-0.15, -0.1) is 0 Å². The van der Waals surface area contributed by atoms with Crippen molar-refractivity contribution in [3.05, 3.63) is 60.0 Å². The molecule has 9 heteroatoms. The molecule has 180 valence electrons. The third-order valence-electron chi connectivity index (χ3n) is 7.36. The van der Waals surface area contributed by atoms with Gasteiger partial charge in [0.25, 0.3) is 0 Å². The molecule has 0 bridgehead atoms. The summed E-state index contributed by atoms with van der Waals surface area (Å²) in [7, 11) is 0. The Morgan fingerprint density at radius 1 is 1.03 bits per heavy atom. The molecule has 2 aliphatic rings. The summed E-state index contributed by atoms with van der Waals surface area (Å²) >= 11 is 6.39. The molecule has 1 aliphatic carbocycles. The van der Waals surface area contributed by atoms with Crippen molar-refractivity contribution < 1.29 is 0 Å². The van der Waals surface area contributed by atoms with E-state index in [2.05, 4.69) is 25.1 Å². The number of aromatic amines is 1. The van der Waals surface area contributed by atoms with Gasteiger partial charge in [-0.3, -0.25) is 0 Å². The topological polar surface area (TPSA) is 83.5 Å². The third-order valence-corrected chi connectivity index (χ3v) is 10.9. The fourth-order valence-electron chi connectivity index (χ4n) is 5.27. The number of hydrogen-bond donors (Lipinski definition) is 1. The van der Waals surface area contributed by atoms with Gasteiger partial charge >= 0.3 is 221 Å². The van der Waals surface area contributed by atoms with Crippen LogP contribution in [0.2, 0.25) is 9.73 Å². The van der Waals surface area contributed by atoms with Gasteiger partial charge in [0, 0.05) is 0 Å². The molecule has 1 N–H and O–H groups in total. The quantitative estimate of drug-likeness (QED) is 0.314. The number of pyridine rings is 2. The van der Waals surface area contributed by atoms with Crippen LogP contribution < -0.4 is 4.48 Å². The molecule has 4 aromatic heterocycles. The van der Waals surface area contributed by atoms with E-state index in [1.54, 1.807) is 12.5 Å². The maximum absolute atomic E-state index is 6.81. The van der Waals surface area contributed by atoms with Crippen molar-refractivity contribution in [1.29, 1.82) is 0 Å². The van der Waals surface area contributed by atoms with Crippen LogP contribution in [0.4, 0.5) is 0 Å². The number of fused-ring (bicyclic) bond motifs is 2. The predicted molar refractivity (Wildman–Crippen MR) is 145 cm³/mol. The average molecular weight is 558 g/mol. The number of nitrogens with one attached hydrogen (secondary N) is 1. The van der Waals surface area contributed by atoms with Crippen LogP contribution in [0.1, 0.15) is 19.3 Å². The fraction of sp³-hybridized carbons (Fsp3) is 0.296. The number of H-pyrrole nitrogens is 1. The van der Waals surface area contributed by atoms with Crippen molar-refractivity contribution in [1.82, 2.24) is 35.0 Å². The first-order valence-electron chi connectivity index (χ1n) is 12.4. The molecule has 36 heavy (non-hydrogen) atoms. The van der Waals surface area contributed by atoms with Crippen molar-refractivity contribution in [3.8, 4) is 22.6 Å². The Kier molecular flexibility index (Phi) is 5.72. The molecule has 1 atom stereocenters. The molecule has 0 spiro atoms. The van der Waals surface area contributed by atoms with E-state index in [-0.39, 0.29) is 0 Å². The predicted octanol–water partition coefficient (Wildman–Crippen LogP) is 4.25. The Morgan fingerprint density at radius 3 is 2.75 bits per heavy atom. The van der Waals surface area contributed by atoms with Crippen molar-refractivity contribution in [2.24, 2.45) is 5.92 Å². The zero-order valence-corrected chi connectivity index (χ0v) is 22.5. The van der Waals surface area contributed by atoms with Crippen LogP contribution in [0.3, 0.4) is 0 Å². The van der Waals surface area contributed by atoms with Crippen LogP contribution in [0, 0.1) is 5.92 Å². The van der Waals surface area contributed by atoms with Gasteiger partial charge < -0.3 is 0 Å². The second kappa shape index (κ2) is 9.22. The van der Waals surface area contributed by atoms with Gasteiger partial charge in [-0.25, -0.2) is 0 Å². The van der Waals surface area contributed by atoms with Crippen molar-refractivity contribution >= 4 is 53.8 Å². The second-order valence-corrected chi connectivity index (χ2v) is 13.5. The maximum atomic E-state index is 6.81. The Bertz CT molecular complexity index is 1560. The van der Waals surface area contributed by atoms with E-state index in [1.807, 2.05) is 42.5 Å². The number of nitrogens with zero attached hydrogens (tertiary/aromatic N) is 6. The Hall–Kier alpha value is -2.86. The molecule has 5 heterocycles. The molecule has 5 aromatic rings. The van der Waals surface area contributed by atoms with E-state index in [0.29, 0.717) is 5.02 Å². The first kappa shape index (κ1) is 22.3. The monoisotopic (exact) mass is 557 g/mol. The van der Waals surface area contributed by atoms with E-state index in [9.17, 15) is 0 Å². The molecule has 0 amide bonds. The van der Waals surface area contributed by atoms with E-state index >= 15 is 0 Å². The molecular weight excluding hydrogens is 533 g/mol. The minimum atomic E-state index is -0.414. The number of hydrogen-bond acceptors (Lipinski definition) is 6. The summed E-state index contributed by atoms with van der Waals surface area (Å²) in [5.74, 6) is 0.856. The number of likely N-dealkylation sites (tertiary alicyclic amines) is 1. The normalized spacial score (nSPS) is 20.2. The van der Waals surface area contributed by atoms with Crippen LogP contribution in [-0.4, -0.2) is 70.4 Å². The SMILES string of the molecule is Clc1cc2ccc(-c3ccccn3)nc2cc1-c1n[nH]c2ncnc([AsH]C3CC(CN4CCC4)C3)c12.